The Labute approximate surface area is 156 Å². The smallest absolute Gasteiger partial charge is 0.251 e. The first kappa shape index (κ1) is 18.0. The van der Waals surface area contributed by atoms with E-state index in [1.165, 1.54) is 11.0 Å². The second-order valence-corrected chi connectivity index (χ2v) is 6.42. The van der Waals surface area contributed by atoms with Crippen LogP contribution in [0.1, 0.15) is 22.0 Å². The monoisotopic (exact) mass is 370 g/mol. The van der Waals surface area contributed by atoms with Crippen molar-refractivity contribution in [1.29, 1.82) is 0 Å². The van der Waals surface area contributed by atoms with Crippen LogP contribution in [0.15, 0.2) is 54.9 Å². The quantitative estimate of drug-likeness (QED) is 0.720. The summed E-state index contributed by atoms with van der Waals surface area (Å²) in [5.74, 6) is -0.146. The molecule has 134 valence electrons. The maximum Gasteiger partial charge on any atom is 0.251 e. The zero-order valence-corrected chi connectivity index (χ0v) is 15.3. The third-order valence-corrected chi connectivity index (χ3v) is 4.43. The number of hydrogen-bond acceptors (Lipinski definition) is 5. The molecule has 1 unspecified atom stereocenters. The molecule has 7 nitrogen and oxygen atoms in total. The average molecular weight is 371 g/mol. The SMILES string of the molecule is CN(C)C(CNC(=O)c1ccc(-n2cnnn2)cc1)c1ccccc1Cl. The summed E-state index contributed by atoms with van der Waals surface area (Å²) in [6, 6.07) is 14.7. The number of hydrogen-bond donors (Lipinski definition) is 1. The number of likely N-dealkylation sites (N-methyl/N-ethyl adjacent to an activating group) is 1. The fourth-order valence-corrected chi connectivity index (χ4v) is 2.91. The van der Waals surface area contributed by atoms with Gasteiger partial charge in [0, 0.05) is 17.1 Å². The Morgan fingerprint density at radius 2 is 1.92 bits per heavy atom. The van der Waals surface area contributed by atoms with E-state index in [1.54, 1.807) is 24.3 Å². The minimum Gasteiger partial charge on any atom is -0.350 e. The largest absolute Gasteiger partial charge is 0.350 e. The summed E-state index contributed by atoms with van der Waals surface area (Å²) < 4.78 is 1.53. The van der Waals surface area contributed by atoms with Crippen LogP contribution in [0.4, 0.5) is 0 Å². The molecule has 0 saturated heterocycles. The molecule has 1 N–H and O–H groups in total. The number of benzene rings is 2. The third-order valence-electron chi connectivity index (χ3n) is 4.09. The second-order valence-electron chi connectivity index (χ2n) is 6.01. The van der Waals surface area contributed by atoms with Crippen molar-refractivity contribution in [3.8, 4) is 5.69 Å². The number of rotatable bonds is 6. The molecule has 0 aliphatic rings. The van der Waals surface area contributed by atoms with E-state index < -0.39 is 0 Å². The molecule has 2 aromatic carbocycles. The number of halogens is 1. The Morgan fingerprint density at radius 3 is 2.54 bits per heavy atom. The Morgan fingerprint density at radius 1 is 1.19 bits per heavy atom. The Kier molecular flexibility index (Phi) is 5.60. The highest BCUT2D eigenvalue weighted by molar-refractivity contribution is 6.31. The molecular formula is C18H19ClN6O. The van der Waals surface area contributed by atoms with Gasteiger partial charge in [0.15, 0.2) is 0 Å². The van der Waals surface area contributed by atoms with Crippen LogP contribution >= 0.6 is 11.6 Å². The summed E-state index contributed by atoms with van der Waals surface area (Å²) in [4.78, 5) is 14.5. The molecule has 0 aliphatic heterocycles. The highest BCUT2D eigenvalue weighted by Gasteiger charge is 2.18. The van der Waals surface area contributed by atoms with E-state index in [-0.39, 0.29) is 11.9 Å². The molecule has 0 bridgehead atoms. The number of tetrazole rings is 1. The lowest BCUT2D eigenvalue weighted by molar-refractivity contribution is 0.0942. The summed E-state index contributed by atoms with van der Waals surface area (Å²) in [6.45, 7) is 0.449. The normalized spacial score (nSPS) is 12.2. The van der Waals surface area contributed by atoms with Crippen molar-refractivity contribution in [1.82, 2.24) is 30.4 Å². The molecular weight excluding hydrogens is 352 g/mol. The topological polar surface area (TPSA) is 75.9 Å². The summed E-state index contributed by atoms with van der Waals surface area (Å²) >= 11 is 6.30. The van der Waals surface area contributed by atoms with E-state index in [0.717, 1.165) is 11.3 Å². The molecule has 3 aromatic rings. The summed E-state index contributed by atoms with van der Waals surface area (Å²) in [5.41, 5.74) is 2.33. The van der Waals surface area contributed by atoms with Crippen LogP contribution in [0.25, 0.3) is 5.69 Å². The number of amides is 1. The van der Waals surface area contributed by atoms with Crippen LogP contribution < -0.4 is 5.32 Å². The van der Waals surface area contributed by atoms with Gasteiger partial charge in [-0.05, 0) is 60.4 Å². The van der Waals surface area contributed by atoms with Gasteiger partial charge in [-0.25, -0.2) is 4.68 Å². The predicted octanol–water partition coefficient (Wildman–Crippen LogP) is 2.35. The van der Waals surface area contributed by atoms with Crippen molar-refractivity contribution in [2.75, 3.05) is 20.6 Å². The molecule has 26 heavy (non-hydrogen) atoms. The van der Waals surface area contributed by atoms with Gasteiger partial charge in [-0.1, -0.05) is 29.8 Å². The average Bonchev–Trinajstić information content (AvgIpc) is 3.18. The highest BCUT2D eigenvalue weighted by atomic mass is 35.5. The molecule has 3 rings (SSSR count). The van der Waals surface area contributed by atoms with Crippen LogP contribution in [0.3, 0.4) is 0 Å². The van der Waals surface area contributed by atoms with Gasteiger partial charge in [0.05, 0.1) is 11.7 Å². The molecule has 0 aliphatic carbocycles. The van der Waals surface area contributed by atoms with E-state index in [9.17, 15) is 4.79 Å². The number of nitrogens with one attached hydrogen (secondary N) is 1. The number of aromatic nitrogens is 4. The first-order chi connectivity index (χ1) is 12.6. The van der Waals surface area contributed by atoms with Crippen LogP contribution in [0.5, 0.6) is 0 Å². The molecule has 8 heteroatoms. The maximum absolute atomic E-state index is 12.5. The summed E-state index contributed by atoms with van der Waals surface area (Å²) in [6.07, 6.45) is 1.50. The molecule has 1 amide bonds. The van der Waals surface area contributed by atoms with Crippen LogP contribution in [-0.2, 0) is 0 Å². The van der Waals surface area contributed by atoms with Gasteiger partial charge in [-0.3, -0.25) is 4.79 Å². The fraction of sp³-hybridized carbons (Fsp3) is 0.222. The van der Waals surface area contributed by atoms with Crippen molar-refractivity contribution in [3.63, 3.8) is 0 Å². The van der Waals surface area contributed by atoms with E-state index in [0.29, 0.717) is 17.1 Å². The molecule has 1 aromatic heterocycles. The van der Waals surface area contributed by atoms with Crippen LogP contribution in [-0.4, -0.2) is 51.7 Å². The predicted molar refractivity (Wildman–Crippen MR) is 99.4 cm³/mol. The summed E-state index contributed by atoms with van der Waals surface area (Å²) in [5, 5.41) is 14.7. The standard InChI is InChI=1S/C18H19ClN6O/c1-24(2)17(15-5-3-4-6-16(15)19)11-20-18(26)13-7-9-14(10-8-13)25-12-21-22-23-25/h3-10,12,17H,11H2,1-2H3,(H,20,26). The minimum atomic E-state index is -0.146. The highest BCUT2D eigenvalue weighted by Crippen LogP contribution is 2.25. The van der Waals surface area contributed by atoms with Crippen molar-refractivity contribution in [2.45, 2.75) is 6.04 Å². The van der Waals surface area contributed by atoms with Crippen molar-refractivity contribution >= 4 is 17.5 Å². The Balaban J connectivity index is 1.68. The maximum atomic E-state index is 12.5. The van der Waals surface area contributed by atoms with Crippen LogP contribution in [0, 0.1) is 0 Å². The lowest BCUT2D eigenvalue weighted by Crippen LogP contribution is -2.34. The van der Waals surface area contributed by atoms with Gasteiger partial charge in [-0.15, -0.1) is 5.10 Å². The van der Waals surface area contributed by atoms with Gasteiger partial charge < -0.3 is 10.2 Å². The van der Waals surface area contributed by atoms with Gasteiger partial charge in [-0.2, -0.15) is 0 Å². The van der Waals surface area contributed by atoms with E-state index in [4.69, 9.17) is 11.6 Å². The molecule has 0 spiro atoms. The number of carbonyl (C=O) groups excluding carboxylic acids is 1. The summed E-state index contributed by atoms with van der Waals surface area (Å²) in [7, 11) is 3.92. The first-order valence-electron chi connectivity index (χ1n) is 8.08. The third kappa shape index (κ3) is 4.07. The minimum absolute atomic E-state index is 0.0202. The van der Waals surface area contributed by atoms with E-state index in [2.05, 4.69) is 20.8 Å². The number of nitrogens with zero attached hydrogens (tertiary/aromatic N) is 5. The lowest BCUT2D eigenvalue weighted by Gasteiger charge is -2.26. The number of carbonyl (C=O) groups is 1. The van der Waals surface area contributed by atoms with E-state index >= 15 is 0 Å². The molecule has 0 fully saturated rings. The van der Waals surface area contributed by atoms with Crippen molar-refractivity contribution < 1.29 is 4.79 Å². The van der Waals surface area contributed by atoms with E-state index in [1.807, 2.05) is 43.3 Å². The van der Waals surface area contributed by atoms with Gasteiger partial charge in [0.1, 0.15) is 6.33 Å². The fourth-order valence-electron chi connectivity index (χ4n) is 2.65. The van der Waals surface area contributed by atoms with Crippen molar-refractivity contribution in [3.05, 3.63) is 71.0 Å². The molecule has 0 radical (unpaired) electrons. The molecule has 1 heterocycles. The van der Waals surface area contributed by atoms with Crippen LogP contribution in [0.2, 0.25) is 5.02 Å². The van der Waals surface area contributed by atoms with Gasteiger partial charge >= 0.3 is 0 Å². The van der Waals surface area contributed by atoms with Gasteiger partial charge in [0.25, 0.3) is 5.91 Å². The van der Waals surface area contributed by atoms with Crippen molar-refractivity contribution in [2.24, 2.45) is 0 Å². The zero-order chi connectivity index (χ0) is 18.5. The zero-order valence-electron chi connectivity index (χ0n) is 14.5. The van der Waals surface area contributed by atoms with Gasteiger partial charge in [0.2, 0.25) is 0 Å². The second kappa shape index (κ2) is 8.07. The lowest BCUT2D eigenvalue weighted by atomic mass is 10.1. The first-order valence-corrected chi connectivity index (χ1v) is 8.46. The Hall–Kier alpha value is -2.77. The Bertz CT molecular complexity index is 864. The molecule has 1 atom stereocenters. The molecule has 0 saturated carbocycles.